The number of nitrogens with zero attached hydrogens (tertiary/aromatic N) is 4. The van der Waals surface area contributed by atoms with Crippen LogP contribution in [0.15, 0.2) is 42.6 Å². The van der Waals surface area contributed by atoms with Gasteiger partial charge >= 0.3 is 0 Å². The number of pyridine rings is 1. The maximum absolute atomic E-state index is 12.9. The first-order valence-electron chi connectivity index (χ1n) is 10.0. The van der Waals surface area contributed by atoms with Gasteiger partial charge < -0.3 is 5.32 Å². The predicted molar refractivity (Wildman–Crippen MR) is 122 cm³/mol. The van der Waals surface area contributed by atoms with Crippen LogP contribution in [0.3, 0.4) is 0 Å². The first-order chi connectivity index (χ1) is 14.8. The van der Waals surface area contributed by atoms with Crippen LogP contribution in [0.5, 0.6) is 0 Å². The lowest BCUT2D eigenvalue weighted by Gasteiger charge is -2.13. The number of hydrogen-bond acceptors (Lipinski definition) is 4. The summed E-state index contributed by atoms with van der Waals surface area (Å²) in [4.78, 5) is 17.7. The molecule has 0 atom stereocenters. The van der Waals surface area contributed by atoms with Gasteiger partial charge in [-0.05, 0) is 81.1 Å². The Labute approximate surface area is 181 Å². The van der Waals surface area contributed by atoms with Crippen LogP contribution in [0.4, 0.5) is 5.82 Å². The van der Waals surface area contributed by atoms with Crippen molar-refractivity contribution in [1.29, 1.82) is 5.26 Å². The van der Waals surface area contributed by atoms with Crippen LogP contribution in [-0.2, 0) is 0 Å². The molecule has 1 N–H and O–H groups in total. The molecule has 2 heterocycles. The van der Waals surface area contributed by atoms with E-state index >= 15 is 0 Å². The Kier molecular flexibility index (Phi) is 5.04. The Bertz CT molecular complexity index is 1390. The average molecular weight is 409 g/mol. The topological polar surface area (TPSA) is 83.6 Å². The fourth-order valence-corrected chi connectivity index (χ4v) is 3.72. The summed E-state index contributed by atoms with van der Waals surface area (Å²) in [5, 5.41) is 17.9. The highest BCUT2D eigenvalue weighted by Gasteiger charge is 2.18. The number of fused-ring (bicyclic) bond motifs is 1. The van der Waals surface area contributed by atoms with Gasteiger partial charge in [-0.3, -0.25) is 4.79 Å². The van der Waals surface area contributed by atoms with Gasteiger partial charge in [0.15, 0.2) is 11.6 Å². The van der Waals surface area contributed by atoms with Gasteiger partial charge in [0.05, 0.1) is 11.7 Å². The fraction of sp³-hybridized carbons (Fsp3) is 0.200. The van der Waals surface area contributed by atoms with Gasteiger partial charge in [0.25, 0.3) is 5.91 Å². The molecule has 0 aliphatic carbocycles. The lowest BCUT2D eigenvalue weighted by atomic mass is 10.0. The zero-order valence-corrected chi connectivity index (χ0v) is 18.2. The molecule has 2 aromatic carbocycles. The van der Waals surface area contributed by atoms with E-state index in [0.717, 1.165) is 33.2 Å². The molecule has 31 heavy (non-hydrogen) atoms. The van der Waals surface area contributed by atoms with Crippen molar-refractivity contribution in [2.45, 2.75) is 34.6 Å². The Balaban J connectivity index is 1.81. The minimum atomic E-state index is -0.300. The van der Waals surface area contributed by atoms with E-state index in [1.54, 1.807) is 6.07 Å². The normalized spacial score (nSPS) is 10.8. The molecule has 0 aliphatic heterocycles. The molecule has 0 spiro atoms. The monoisotopic (exact) mass is 409 g/mol. The SMILES string of the molecule is Cc1cc(C)c2nc(-n3ncc(C#N)c3NC(=O)c3ccc(C)c(C)c3)cc(C)c2c1. The zero-order valence-electron chi connectivity index (χ0n) is 18.2. The van der Waals surface area contributed by atoms with Crippen molar-refractivity contribution in [2.24, 2.45) is 0 Å². The molecule has 0 saturated heterocycles. The van der Waals surface area contributed by atoms with Crippen molar-refractivity contribution >= 4 is 22.6 Å². The van der Waals surface area contributed by atoms with E-state index < -0.39 is 0 Å². The highest BCUT2D eigenvalue weighted by molar-refractivity contribution is 6.04. The molecular formula is C25H23N5O. The van der Waals surface area contributed by atoms with Crippen LogP contribution in [0.2, 0.25) is 0 Å². The summed E-state index contributed by atoms with van der Waals surface area (Å²) in [5.74, 6) is 0.557. The molecule has 2 aromatic heterocycles. The van der Waals surface area contributed by atoms with Gasteiger partial charge in [0.2, 0.25) is 0 Å². The minimum Gasteiger partial charge on any atom is -0.305 e. The molecule has 6 nitrogen and oxygen atoms in total. The van der Waals surface area contributed by atoms with Crippen molar-refractivity contribution in [2.75, 3.05) is 5.32 Å². The second kappa shape index (κ2) is 7.69. The molecule has 0 aliphatic rings. The standard InChI is InChI=1S/C25H23N5O/c1-14-8-18(5)23-21(9-14)17(4)11-22(28-23)30-24(20(12-26)13-27-30)29-25(31)19-7-6-15(2)16(3)10-19/h6-11,13H,1-5H3,(H,29,31). The first-order valence-corrected chi connectivity index (χ1v) is 10.0. The molecule has 0 fully saturated rings. The van der Waals surface area contributed by atoms with E-state index in [9.17, 15) is 10.1 Å². The third kappa shape index (κ3) is 3.66. The van der Waals surface area contributed by atoms with E-state index in [4.69, 9.17) is 4.98 Å². The average Bonchev–Trinajstić information content (AvgIpc) is 3.13. The van der Waals surface area contributed by atoms with Gasteiger partial charge in [-0.15, -0.1) is 0 Å². The maximum atomic E-state index is 12.9. The van der Waals surface area contributed by atoms with E-state index in [0.29, 0.717) is 17.2 Å². The second-order valence-corrected chi connectivity index (χ2v) is 7.96. The molecule has 0 radical (unpaired) electrons. The fourth-order valence-electron chi connectivity index (χ4n) is 3.72. The summed E-state index contributed by atoms with van der Waals surface area (Å²) < 4.78 is 1.52. The zero-order chi connectivity index (χ0) is 22.3. The molecule has 4 aromatic rings. The lowest BCUT2D eigenvalue weighted by molar-refractivity contribution is 0.102. The van der Waals surface area contributed by atoms with Crippen LogP contribution < -0.4 is 5.32 Å². The number of benzene rings is 2. The van der Waals surface area contributed by atoms with Crippen molar-refractivity contribution < 1.29 is 4.79 Å². The van der Waals surface area contributed by atoms with Crippen LogP contribution in [0, 0.1) is 45.9 Å². The number of nitrogens with one attached hydrogen (secondary N) is 1. The number of carbonyl (C=O) groups is 1. The summed E-state index contributed by atoms with van der Waals surface area (Å²) in [6.45, 7) is 10.1. The second-order valence-electron chi connectivity index (χ2n) is 7.96. The van der Waals surface area contributed by atoms with E-state index in [1.807, 2.05) is 45.9 Å². The summed E-state index contributed by atoms with van der Waals surface area (Å²) in [6.07, 6.45) is 1.44. The first kappa shape index (κ1) is 20.3. The Morgan fingerprint density at radius 2 is 1.74 bits per heavy atom. The molecule has 6 heteroatoms. The molecule has 0 bridgehead atoms. The van der Waals surface area contributed by atoms with E-state index in [-0.39, 0.29) is 11.5 Å². The predicted octanol–water partition coefficient (Wildman–Crippen LogP) is 5.09. The minimum absolute atomic E-state index is 0.275. The third-order valence-corrected chi connectivity index (χ3v) is 5.55. The van der Waals surface area contributed by atoms with Crippen molar-refractivity contribution in [3.63, 3.8) is 0 Å². The van der Waals surface area contributed by atoms with Gasteiger partial charge in [-0.1, -0.05) is 17.7 Å². The van der Waals surface area contributed by atoms with Gasteiger partial charge in [-0.25, -0.2) is 4.98 Å². The van der Waals surface area contributed by atoms with Crippen molar-refractivity contribution in [1.82, 2.24) is 14.8 Å². The highest BCUT2D eigenvalue weighted by atomic mass is 16.1. The molecular weight excluding hydrogens is 386 g/mol. The number of aromatic nitrogens is 3. The smallest absolute Gasteiger partial charge is 0.256 e. The highest BCUT2D eigenvalue weighted by Crippen LogP contribution is 2.27. The van der Waals surface area contributed by atoms with Crippen LogP contribution in [-0.4, -0.2) is 20.7 Å². The summed E-state index contributed by atoms with van der Waals surface area (Å²) >= 11 is 0. The summed E-state index contributed by atoms with van der Waals surface area (Å²) in [6, 6.07) is 13.7. The number of nitriles is 1. The lowest BCUT2D eigenvalue weighted by Crippen LogP contribution is -2.17. The molecule has 0 saturated carbocycles. The van der Waals surface area contributed by atoms with Crippen LogP contribution >= 0.6 is 0 Å². The quantitative estimate of drug-likeness (QED) is 0.511. The molecule has 1 amide bonds. The number of rotatable bonds is 3. The van der Waals surface area contributed by atoms with Gasteiger partial charge in [0.1, 0.15) is 11.6 Å². The number of amides is 1. The maximum Gasteiger partial charge on any atom is 0.256 e. The molecule has 4 rings (SSSR count). The number of anilines is 1. The number of hydrogen-bond donors (Lipinski definition) is 1. The summed E-state index contributed by atoms with van der Waals surface area (Å²) in [5.41, 5.74) is 7.10. The van der Waals surface area contributed by atoms with Gasteiger partial charge in [-0.2, -0.15) is 15.0 Å². The van der Waals surface area contributed by atoms with Crippen molar-refractivity contribution in [3.05, 3.63) is 81.5 Å². The van der Waals surface area contributed by atoms with Gasteiger partial charge in [0, 0.05) is 10.9 Å². The van der Waals surface area contributed by atoms with Crippen LogP contribution in [0.1, 0.15) is 43.7 Å². The Morgan fingerprint density at radius 1 is 0.968 bits per heavy atom. The molecule has 154 valence electrons. The van der Waals surface area contributed by atoms with Crippen LogP contribution in [0.25, 0.3) is 16.7 Å². The summed E-state index contributed by atoms with van der Waals surface area (Å²) in [7, 11) is 0. The Morgan fingerprint density at radius 3 is 2.45 bits per heavy atom. The number of carbonyl (C=O) groups excluding carboxylic acids is 1. The largest absolute Gasteiger partial charge is 0.305 e. The molecule has 0 unspecified atom stereocenters. The Hall–Kier alpha value is -3.98. The van der Waals surface area contributed by atoms with E-state index in [2.05, 4.69) is 35.5 Å². The van der Waals surface area contributed by atoms with Crippen molar-refractivity contribution in [3.8, 4) is 11.9 Å². The third-order valence-electron chi connectivity index (χ3n) is 5.55. The number of aryl methyl sites for hydroxylation is 5. The van der Waals surface area contributed by atoms with E-state index in [1.165, 1.54) is 16.4 Å².